The Hall–Kier alpha value is -1.90. The summed E-state index contributed by atoms with van der Waals surface area (Å²) in [7, 11) is 0. The Morgan fingerprint density at radius 1 is 1.12 bits per heavy atom. The molecule has 0 amide bonds. The van der Waals surface area contributed by atoms with E-state index in [0.717, 1.165) is 33.6 Å². The van der Waals surface area contributed by atoms with Crippen molar-refractivity contribution in [3.05, 3.63) is 58.7 Å². The number of benzene rings is 1. The topological polar surface area (TPSA) is 64.7 Å². The minimum atomic E-state index is -0.626. The Labute approximate surface area is 158 Å². The number of hydrogen-bond donors (Lipinski definition) is 1. The number of pyridine rings is 1. The highest BCUT2D eigenvalue weighted by atomic mass is 32.2. The van der Waals surface area contributed by atoms with E-state index in [1.807, 2.05) is 18.3 Å². The lowest BCUT2D eigenvalue weighted by Crippen LogP contribution is -1.92. The monoisotopic (exact) mass is 390 g/mol. The van der Waals surface area contributed by atoms with E-state index in [0.29, 0.717) is 5.01 Å². The maximum Gasteiger partial charge on any atom is 0.150 e. The molecule has 2 atom stereocenters. The standard InChI is InChI=1S/C18H16F2N4S2/c1-18(2)14(9-3-6-13(26-21)22-8-9)15(18)17-24-23-16(25-17)11-5-4-10(19)7-12(11)20/h3-8,14-15H,21H2,1-2H3. The lowest BCUT2D eigenvalue weighted by atomic mass is 10.1. The first-order valence-corrected chi connectivity index (χ1v) is 9.73. The summed E-state index contributed by atoms with van der Waals surface area (Å²) < 4.78 is 27.1. The lowest BCUT2D eigenvalue weighted by molar-refractivity contribution is 0.585. The van der Waals surface area contributed by atoms with Crippen LogP contribution in [0.3, 0.4) is 0 Å². The molecule has 0 saturated heterocycles. The third-order valence-corrected chi connectivity index (χ3v) is 6.46. The van der Waals surface area contributed by atoms with E-state index in [-0.39, 0.29) is 22.8 Å². The van der Waals surface area contributed by atoms with Crippen molar-refractivity contribution in [2.45, 2.75) is 30.7 Å². The van der Waals surface area contributed by atoms with E-state index in [1.54, 1.807) is 0 Å². The molecule has 0 bridgehead atoms. The van der Waals surface area contributed by atoms with Crippen molar-refractivity contribution in [1.82, 2.24) is 15.2 Å². The third-order valence-electron chi connectivity index (χ3n) is 4.93. The fourth-order valence-electron chi connectivity index (χ4n) is 3.50. The summed E-state index contributed by atoms with van der Waals surface area (Å²) in [5.41, 5.74) is 1.41. The second-order valence-electron chi connectivity index (χ2n) is 6.89. The summed E-state index contributed by atoms with van der Waals surface area (Å²) in [5, 5.41) is 16.0. The zero-order valence-corrected chi connectivity index (χ0v) is 15.7. The number of hydrogen-bond acceptors (Lipinski definition) is 6. The van der Waals surface area contributed by atoms with Crippen LogP contribution in [0, 0.1) is 17.0 Å². The summed E-state index contributed by atoms with van der Waals surface area (Å²) in [4.78, 5) is 4.34. The smallest absolute Gasteiger partial charge is 0.150 e. The summed E-state index contributed by atoms with van der Waals surface area (Å²) in [5.74, 6) is -0.773. The van der Waals surface area contributed by atoms with Crippen molar-refractivity contribution >= 4 is 23.3 Å². The molecule has 3 aromatic rings. The Morgan fingerprint density at radius 3 is 2.58 bits per heavy atom. The molecule has 4 nitrogen and oxygen atoms in total. The van der Waals surface area contributed by atoms with E-state index in [2.05, 4.69) is 29.0 Å². The van der Waals surface area contributed by atoms with E-state index in [9.17, 15) is 8.78 Å². The number of nitrogens with zero attached hydrogens (tertiary/aromatic N) is 3. The van der Waals surface area contributed by atoms with E-state index < -0.39 is 11.6 Å². The highest BCUT2D eigenvalue weighted by Crippen LogP contribution is 2.70. The normalized spacial score (nSPS) is 21.0. The molecule has 8 heteroatoms. The van der Waals surface area contributed by atoms with Crippen LogP contribution in [0.15, 0.2) is 41.6 Å². The Kier molecular flexibility index (Phi) is 4.29. The average molecular weight is 390 g/mol. The van der Waals surface area contributed by atoms with Crippen molar-refractivity contribution in [2.24, 2.45) is 10.6 Å². The maximum atomic E-state index is 14.0. The zero-order valence-electron chi connectivity index (χ0n) is 14.1. The molecule has 2 aromatic heterocycles. The van der Waals surface area contributed by atoms with Crippen LogP contribution in [0.4, 0.5) is 8.78 Å². The molecule has 26 heavy (non-hydrogen) atoms. The number of nitrogens with two attached hydrogens (primary N) is 1. The molecule has 4 rings (SSSR count). The second-order valence-corrected chi connectivity index (χ2v) is 8.56. The summed E-state index contributed by atoms with van der Waals surface area (Å²) in [6.07, 6.45) is 1.85. The predicted molar refractivity (Wildman–Crippen MR) is 98.8 cm³/mol. The van der Waals surface area contributed by atoms with Crippen LogP contribution in [-0.4, -0.2) is 15.2 Å². The number of rotatable bonds is 4. The zero-order chi connectivity index (χ0) is 18.5. The first-order chi connectivity index (χ1) is 12.4. The molecular formula is C18H16F2N4S2. The summed E-state index contributed by atoms with van der Waals surface area (Å²) in [6, 6.07) is 7.44. The van der Waals surface area contributed by atoms with Crippen LogP contribution in [0.5, 0.6) is 0 Å². The maximum absolute atomic E-state index is 14.0. The molecule has 1 saturated carbocycles. The Bertz CT molecular complexity index is 956. The quantitative estimate of drug-likeness (QED) is 0.651. The van der Waals surface area contributed by atoms with Gasteiger partial charge >= 0.3 is 0 Å². The van der Waals surface area contributed by atoms with Gasteiger partial charge in [0, 0.05) is 29.7 Å². The molecule has 1 fully saturated rings. The second kappa shape index (κ2) is 6.37. The molecule has 0 spiro atoms. The predicted octanol–water partition coefficient (Wildman–Crippen LogP) is 4.75. The van der Waals surface area contributed by atoms with Gasteiger partial charge in [-0.15, -0.1) is 10.2 Å². The van der Waals surface area contributed by atoms with Crippen molar-refractivity contribution in [3.63, 3.8) is 0 Å². The number of aromatic nitrogens is 3. The molecule has 0 radical (unpaired) electrons. The van der Waals surface area contributed by atoms with Crippen molar-refractivity contribution < 1.29 is 8.78 Å². The Morgan fingerprint density at radius 2 is 1.92 bits per heavy atom. The third kappa shape index (κ3) is 2.91. The highest BCUT2D eigenvalue weighted by Gasteiger charge is 2.60. The molecule has 2 heterocycles. The van der Waals surface area contributed by atoms with Gasteiger partial charge in [0.05, 0.1) is 0 Å². The fourth-order valence-corrected chi connectivity index (χ4v) is 4.96. The molecule has 134 valence electrons. The summed E-state index contributed by atoms with van der Waals surface area (Å²) in [6.45, 7) is 4.35. The van der Waals surface area contributed by atoms with Gasteiger partial charge in [-0.2, -0.15) is 0 Å². The first-order valence-electron chi connectivity index (χ1n) is 8.03. The SMILES string of the molecule is CC1(C)C(c2ccc(SN)nc2)C1c1nnc(-c2ccc(F)cc2F)s1. The van der Waals surface area contributed by atoms with E-state index in [4.69, 9.17) is 5.14 Å². The Balaban J connectivity index is 1.62. The molecule has 1 aromatic carbocycles. The lowest BCUT2D eigenvalue weighted by Gasteiger charge is -2.02. The van der Waals surface area contributed by atoms with Gasteiger partial charge in [0.15, 0.2) is 5.01 Å². The molecular weight excluding hydrogens is 374 g/mol. The minimum Gasteiger partial charge on any atom is -0.272 e. The van der Waals surface area contributed by atoms with Crippen LogP contribution < -0.4 is 5.14 Å². The summed E-state index contributed by atoms with van der Waals surface area (Å²) >= 11 is 2.47. The van der Waals surface area contributed by atoms with Crippen LogP contribution >= 0.6 is 23.3 Å². The van der Waals surface area contributed by atoms with Crippen molar-refractivity contribution in [2.75, 3.05) is 0 Å². The molecule has 2 N–H and O–H groups in total. The minimum absolute atomic E-state index is 0.0111. The van der Waals surface area contributed by atoms with Crippen LogP contribution in [-0.2, 0) is 0 Å². The largest absolute Gasteiger partial charge is 0.272 e. The van der Waals surface area contributed by atoms with Gasteiger partial charge < -0.3 is 0 Å². The molecule has 1 aliphatic carbocycles. The van der Waals surface area contributed by atoms with E-state index in [1.165, 1.54) is 23.5 Å². The van der Waals surface area contributed by atoms with E-state index >= 15 is 0 Å². The van der Waals surface area contributed by atoms with Gasteiger partial charge in [0.25, 0.3) is 0 Å². The highest BCUT2D eigenvalue weighted by molar-refractivity contribution is 7.97. The fraction of sp³-hybridized carbons (Fsp3) is 0.278. The van der Waals surface area contributed by atoms with Gasteiger partial charge in [0.2, 0.25) is 0 Å². The van der Waals surface area contributed by atoms with Crippen LogP contribution in [0.2, 0.25) is 0 Å². The average Bonchev–Trinajstić information content (AvgIpc) is 2.94. The molecule has 1 aliphatic rings. The van der Waals surface area contributed by atoms with Gasteiger partial charge in [-0.25, -0.2) is 13.8 Å². The van der Waals surface area contributed by atoms with Crippen molar-refractivity contribution in [3.8, 4) is 10.6 Å². The van der Waals surface area contributed by atoms with Crippen molar-refractivity contribution in [1.29, 1.82) is 0 Å². The first kappa shape index (κ1) is 17.5. The van der Waals surface area contributed by atoms with Crippen LogP contribution in [0.25, 0.3) is 10.6 Å². The van der Waals surface area contributed by atoms with Gasteiger partial charge in [-0.3, -0.25) is 5.14 Å². The van der Waals surface area contributed by atoms with Crippen LogP contribution in [0.1, 0.15) is 36.3 Å². The number of halogens is 2. The molecule has 0 aliphatic heterocycles. The van der Waals surface area contributed by atoms with Gasteiger partial charge in [-0.05, 0) is 41.1 Å². The molecule has 2 unspecified atom stereocenters. The van der Waals surface area contributed by atoms with Gasteiger partial charge in [0.1, 0.15) is 21.7 Å². The van der Waals surface area contributed by atoms with Gasteiger partial charge in [-0.1, -0.05) is 31.3 Å².